The van der Waals surface area contributed by atoms with Crippen molar-refractivity contribution >= 4 is 28.4 Å². The lowest BCUT2D eigenvalue weighted by Crippen LogP contribution is -2.37. The van der Waals surface area contributed by atoms with Crippen LogP contribution in [0.25, 0.3) is 16.6 Å². The van der Waals surface area contributed by atoms with E-state index in [-0.39, 0.29) is 11.5 Å². The van der Waals surface area contributed by atoms with Gasteiger partial charge in [-0.2, -0.15) is 0 Å². The smallest absolute Gasteiger partial charge is 0.266 e. The van der Waals surface area contributed by atoms with Crippen molar-refractivity contribution in [3.8, 4) is 5.69 Å². The fraction of sp³-hybridized carbons (Fsp3) is 0.129. The summed E-state index contributed by atoms with van der Waals surface area (Å²) >= 11 is 6.15. The number of rotatable bonds is 6. The molecule has 0 aliphatic rings. The van der Waals surface area contributed by atoms with Gasteiger partial charge < -0.3 is 4.90 Å². The molecule has 1 unspecified atom stereocenters. The van der Waals surface area contributed by atoms with Crippen molar-refractivity contribution in [1.29, 1.82) is 0 Å². The Morgan fingerprint density at radius 3 is 2.27 bits per heavy atom. The number of fused-ring (bicyclic) bond motifs is 1. The molecule has 1 amide bonds. The Hall–Kier alpha value is -4.22. The number of benzene rings is 4. The van der Waals surface area contributed by atoms with Gasteiger partial charge in [0.1, 0.15) is 5.82 Å². The highest BCUT2D eigenvalue weighted by molar-refractivity contribution is 6.30. The van der Waals surface area contributed by atoms with Gasteiger partial charge in [-0.15, -0.1) is 0 Å². The molecule has 6 heteroatoms. The molecule has 1 heterocycles. The van der Waals surface area contributed by atoms with Crippen LogP contribution in [-0.4, -0.2) is 20.4 Å². The van der Waals surface area contributed by atoms with Crippen molar-refractivity contribution in [2.45, 2.75) is 26.4 Å². The van der Waals surface area contributed by atoms with Gasteiger partial charge in [-0.3, -0.25) is 14.2 Å². The average molecular weight is 508 g/mol. The lowest BCUT2D eigenvalue weighted by atomic mass is 10.1. The van der Waals surface area contributed by atoms with Gasteiger partial charge in [0, 0.05) is 17.1 Å². The van der Waals surface area contributed by atoms with Crippen molar-refractivity contribution < 1.29 is 4.79 Å². The molecule has 0 aliphatic carbocycles. The number of para-hydroxylation sites is 1. The summed E-state index contributed by atoms with van der Waals surface area (Å²) in [7, 11) is 0. The number of nitrogens with zero attached hydrogens (tertiary/aromatic N) is 3. The number of carbonyl (C=O) groups is 1. The van der Waals surface area contributed by atoms with Crippen LogP contribution < -0.4 is 5.56 Å². The fourth-order valence-electron chi connectivity index (χ4n) is 4.54. The Kier molecular flexibility index (Phi) is 6.89. The van der Waals surface area contributed by atoms with Crippen LogP contribution in [0.3, 0.4) is 0 Å². The maximum absolute atomic E-state index is 14.0. The predicted octanol–water partition coefficient (Wildman–Crippen LogP) is 6.75. The third-order valence-corrected chi connectivity index (χ3v) is 6.81. The average Bonchev–Trinajstić information content (AvgIpc) is 2.92. The van der Waals surface area contributed by atoms with Crippen molar-refractivity contribution in [3.05, 3.63) is 141 Å². The maximum atomic E-state index is 14.0. The molecular weight excluding hydrogens is 482 g/mol. The van der Waals surface area contributed by atoms with E-state index in [1.54, 1.807) is 39.8 Å². The second-order valence-electron chi connectivity index (χ2n) is 9.01. The van der Waals surface area contributed by atoms with Crippen LogP contribution in [0, 0.1) is 6.92 Å². The SMILES string of the molecule is Cc1ccccc1C(=O)N(Cc1ccccc1)C(C)c1nc2ccccc2c(=O)n1-c1ccc(Cl)cc1. The quantitative estimate of drug-likeness (QED) is 0.255. The van der Waals surface area contributed by atoms with Crippen molar-refractivity contribution in [3.63, 3.8) is 0 Å². The van der Waals surface area contributed by atoms with Gasteiger partial charge in [-0.05, 0) is 67.4 Å². The van der Waals surface area contributed by atoms with E-state index in [0.717, 1.165) is 11.1 Å². The maximum Gasteiger partial charge on any atom is 0.266 e. The van der Waals surface area contributed by atoms with Gasteiger partial charge in [0.05, 0.1) is 22.6 Å². The van der Waals surface area contributed by atoms with E-state index >= 15 is 0 Å². The molecule has 5 aromatic rings. The molecular formula is C31H26ClN3O2. The minimum atomic E-state index is -0.528. The Bertz CT molecular complexity index is 1630. The van der Waals surface area contributed by atoms with E-state index in [1.807, 2.05) is 86.6 Å². The first-order valence-electron chi connectivity index (χ1n) is 12.1. The molecule has 4 aromatic carbocycles. The number of amides is 1. The number of hydrogen-bond donors (Lipinski definition) is 0. The fourth-order valence-corrected chi connectivity index (χ4v) is 4.67. The Labute approximate surface area is 220 Å². The van der Waals surface area contributed by atoms with Crippen molar-refractivity contribution in [2.75, 3.05) is 0 Å². The first-order valence-corrected chi connectivity index (χ1v) is 12.5. The first kappa shape index (κ1) is 24.5. The highest BCUT2D eigenvalue weighted by Gasteiger charge is 2.28. The number of aryl methyl sites for hydroxylation is 1. The van der Waals surface area contributed by atoms with E-state index in [0.29, 0.717) is 39.5 Å². The van der Waals surface area contributed by atoms with Gasteiger partial charge in [0.15, 0.2) is 0 Å². The Balaban J connectivity index is 1.71. The largest absolute Gasteiger partial charge is 0.324 e. The zero-order valence-corrected chi connectivity index (χ0v) is 21.4. The number of hydrogen-bond acceptors (Lipinski definition) is 3. The monoisotopic (exact) mass is 507 g/mol. The Morgan fingerprint density at radius 2 is 1.54 bits per heavy atom. The van der Waals surface area contributed by atoms with Crippen LogP contribution >= 0.6 is 11.6 Å². The Morgan fingerprint density at radius 1 is 0.892 bits per heavy atom. The number of halogens is 1. The van der Waals surface area contributed by atoms with Crippen LogP contribution in [0.2, 0.25) is 5.02 Å². The number of carbonyl (C=O) groups excluding carboxylic acids is 1. The van der Waals surface area contributed by atoms with Crippen molar-refractivity contribution in [2.24, 2.45) is 0 Å². The summed E-state index contributed by atoms with van der Waals surface area (Å²) < 4.78 is 1.59. The standard InChI is InChI=1S/C31H26ClN3O2/c1-21-10-6-7-13-26(21)30(36)34(20-23-11-4-3-5-12-23)22(2)29-33-28-15-9-8-14-27(28)31(37)35(29)25-18-16-24(32)17-19-25/h3-19,22H,20H2,1-2H3. The van der Waals surface area contributed by atoms with Crippen LogP contribution in [-0.2, 0) is 6.54 Å². The molecule has 1 atom stereocenters. The predicted molar refractivity (Wildman–Crippen MR) is 148 cm³/mol. The molecule has 0 fully saturated rings. The van der Waals surface area contributed by atoms with Gasteiger partial charge in [-0.25, -0.2) is 4.98 Å². The zero-order valence-electron chi connectivity index (χ0n) is 20.6. The summed E-state index contributed by atoms with van der Waals surface area (Å²) in [6.45, 7) is 4.21. The molecule has 5 nitrogen and oxygen atoms in total. The second-order valence-corrected chi connectivity index (χ2v) is 9.45. The third-order valence-electron chi connectivity index (χ3n) is 6.56. The highest BCUT2D eigenvalue weighted by atomic mass is 35.5. The van der Waals surface area contributed by atoms with Crippen LogP contribution in [0.15, 0.2) is 108 Å². The topological polar surface area (TPSA) is 55.2 Å². The van der Waals surface area contributed by atoms with Crippen LogP contribution in [0.4, 0.5) is 0 Å². The zero-order chi connectivity index (χ0) is 25.9. The first-order chi connectivity index (χ1) is 17.9. The second kappa shape index (κ2) is 10.4. The molecule has 0 saturated carbocycles. The molecule has 0 radical (unpaired) electrons. The van der Waals surface area contributed by atoms with E-state index in [9.17, 15) is 9.59 Å². The normalized spacial score (nSPS) is 11.9. The summed E-state index contributed by atoms with van der Waals surface area (Å²) in [5.41, 5.74) is 3.51. The summed E-state index contributed by atoms with van der Waals surface area (Å²) in [4.78, 5) is 34.5. The van der Waals surface area contributed by atoms with Gasteiger partial charge in [0.25, 0.3) is 11.5 Å². The molecule has 0 N–H and O–H groups in total. The molecule has 0 spiro atoms. The van der Waals surface area contributed by atoms with Crippen molar-refractivity contribution in [1.82, 2.24) is 14.5 Å². The minimum Gasteiger partial charge on any atom is -0.324 e. The third kappa shape index (κ3) is 4.91. The summed E-state index contributed by atoms with van der Waals surface area (Å²) in [6.07, 6.45) is 0. The minimum absolute atomic E-state index is 0.125. The molecule has 0 aliphatic heterocycles. The summed E-state index contributed by atoms with van der Waals surface area (Å²) in [5.74, 6) is 0.350. The molecule has 37 heavy (non-hydrogen) atoms. The summed E-state index contributed by atoms with van der Waals surface area (Å²) in [5, 5.41) is 1.08. The van der Waals surface area contributed by atoms with Gasteiger partial charge >= 0.3 is 0 Å². The highest BCUT2D eigenvalue weighted by Crippen LogP contribution is 2.27. The van der Waals surface area contributed by atoms with Crippen LogP contribution in [0.5, 0.6) is 0 Å². The van der Waals surface area contributed by atoms with E-state index in [2.05, 4.69) is 0 Å². The molecule has 184 valence electrons. The molecule has 1 aromatic heterocycles. The van der Waals surface area contributed by atoms with E-state index < -0.39 is 6.04 Å². The molecule has 0 bridgehead atoms. The lowest BCUT2D eigenvalue weighted by Gasteiger charge is -2.31. The van der Waals surface area contributed by atoms with Gasteiger partial charge in [-0.1, -0.05) is 72.3 Å². The van der Waals surface area contributed by atoms with Gasteiger partial charge in [0.2, 0.25) is 0 Å². The van der Waals surface area contributed by atoms with E-state index in [4.69, 9.17) is 16.6 Å². The lowest BCUT2D eigenvalue weighted by molar-refractivity contribution is 0.0663. The molecule has 0 saturated heterocycles. The number of aromatic nitrogens is 2. The van der Waals surface area contributed by atoms with E-state index in [1.165, 1.54) is 0 Å². The van der Waals surface area contributed by atoms with Crippen LogP contribution in [0.1, 0.15) is 40.3 Å². The summed E-state index contributed by atoms with van der Waals surface area (Å²) in [6, 6.07) is 31.2. The molecule has 5 rings (SSSR count).